The Balaban J connectivity index is 0.00000300. The molecule has 160 valence electrons. The van der Waals surface area contributed by atoms with E-state index in [1.54, 1.807) is 0 Å². The molecular formula is C22H35IN6. The van der Waals surface area contributed by atoms with Crippen molar-refractivity contribution in [2.45, 2.75) is 52.2 Å². The number of nitrogens with zero attached hydrogens (tertiary/aromatic N) is 4. The van der Waals surface area contributed by atoms with E-state index >= 15 is 0 Å². The van der Waals surface area contributed by atoms with Gasteiger partial charge < -0.3 is 15.5 Å². The summed E-state index contributed by atoms with van der Waals surface area (Å²) < 4.78 is 1.98. The molecule has 29 heavy (non-hydrogen) atoms. The minimum absolute atomic E-state index is 0. The van der Waals surface area contributed by atoms with E-state index in [9.17, 15) is 0 Å². The maximum atomic E-state index is 4.78. The molecule has 0 aliphatic carbocycles. The van der Waals surface area contributed by atoms with Crippen LogP contribution in [0.15, 0.2) is 47.7 Å². The Morgan fingerprint density at radius 3 is 2.59 bits per heavy atom. The van der Waals surface area contributed by atoms with Crippen molar-refractivity contribution in [3.63, 3.8) is 0 Å². The lowest BCUT2D eigenvalue weighted by Crippen LogP contribution is -2.48. The SMILES string of the molecule is CCCN1CCC(NC(=NCc2cnn(Cc3ccccc3)c2)NCC)CC1.I. The van der Waals surface area contributed by atoms with Crippen molar-refractivity contribution in [1.29, 1.82) is 0 Å². The van der Waals surface area contributed by atoms with E-state index in [-0.39, 0.29) is 24.0 Å². The molecule has 0 bridgehead atoms. The minimum Gasteiger partial charge on any atom is -0.357 e. The molecule has 1 aromatic carbocycles. The van der Waals surface area contributed by atoms with Crippen LogP contribution in [0.1, 0.15) is 44.2 Å². The number of likely N-dealkylation sites (tertiary alicyclic amines) is 1. The number of nitrogens with one attached hydrogen (secondary N) is 2. The van der Waals surface area contributed by atoms with E-state index in [0.717, 1.165) is 24.6 Å². The zero-order valence-corrected chi connectivity index (χ0v) is 20.0. The minimum atomic E-state index is 0. The molecule has 2 aromatic rings. The van der Waals surface area contributed by atoms with Crippen LogP contribution in [0, 0.1) is 0 Å². The number of hydrogen-bond donors (Lipinski definition) is 2. The quantitative estimate of drug-likeness (QED) is 0.325. The molecular weight excluding hydrogens is 475 g/mol. The van der Waals surface area contributed by atoms with Gasteiger partial charge in [0.2, 0.25) is 0 Å². The first-order chi connectivity index (χ1) is 13.8. The Hall–Kier alpha value is -1.61. The zero-order valence-electron chi connectivity index (χ0n) is 17.7. The summed E-state index contributed by atoms with van der Waals surface area (Å²) in [4.78, 5) is 7.34. The molecule has 0 atom stereocenters. The normalized spacial score (nSPS) is 15.7. The largest absolute Gasteiger partial charge is 0.357 e. The summed E-state index contributed by atoms with van der Waals surface area (Å²) in [6.07, 6.45) is 7.60. The van der Waals surface area contributed by atoms with Gasteiger partial charge in [-0.3, -0.25) is 4.68 Å². The standard InChI is InChI=1S/C22H34N6.HI/c1-3-12-27-13-10-21(11-14-27)26-22(23-4-2)24-15-20-16-25-28(18-20)17-19-8-6-5-7-9-19;/h5-9,16,18,21H,3-4,10-15,17H2,1-2H3,(H2,23,24,26);1H. The van der Waals surface area contributed by atoms with Gasteiger partial charge in [-0.25, -0.2) is 4.99 Å². The van der Waals surface area contributed by atoms with Gasteiger partial charge >= 0.3 is 0 Å². The van der Waals surface area contributed by atoms with E-state index in [4.69, 9.17) is 4.99 Å². The van der Waals surface area contributed by atoms with Crippen LogP contribution in [0.5, 0.6) is 0 Å². The Morgan fingerprint density at radius 2 is 1.90 bits per heavy atom. The lowest BCUT2D eigenvalue weighted by molar-refractivity contribution is 0.206. The third-order valence-electron chi connectivity index (χ3n) is 5.11. The average Bonchev–Trinajstić information content (AvgIpc) is 3.16. The number of aromatic nitrogens is 2. The summed E-state index contributed by atoms with van der Waals surface area (Å²) in [6.45, 7) is 10.2. The lowest BCUT2D eigenvalue weighted by atomic mass is 10.1. The predicted octanol–water partition coefficient (Wildman–Crippen LogP) is 3.48. The van der Waals surface area contributed by atoms with Crippen LogP contribution in [-0.2, 0) is 13.1 Å². The molecule has 0 unspecified atom stereocenters. The second-order valence-corrected chi connectivity index (χ2v) is 7.49. The van der Waals surface area contributed by atoms with Gasteiger partial charge in [-0.15, -0.1) is 24.0 Å². The zero-order chi connectivity index (χ0) is 19.6. The Morgan fingerprint density at radius 1 is 1.14 bits per heavy atom. The molecule has 0 saturated carbocycles. The summed E-state index contributed by atoms with van der Waals surface area (Å²) in [5.74, 6) is 0.909. The summed E-state index contributed by atoms with van der Waals surface area (Å²) in [5, 5.41) is 11.5. The third kappa shape index (κ3) is 7.97. The van der Waals surface area contributed by atoms with Crippen molar-refractivity contribution >= 4 is 29.9 Å². The van der Waals surface area contributed by atoms with E-state index in [1.807, 2.05) is 16.9 Å². The number of aliphatic imine (C=N–C) groups is 1. The van der Waals surface area contributed by atoms with Crippen LogP contribution in [0.25, 0.3) is 0 Å². The van der Waals surface area contributed by atoms with Crippen molar-refractivity contribution in [3.8, 4) is 0 Å². The molecule has 0 amide bonds. The second-order valence-electron chi connectivity index (χ2n) is 7.49. The number of rotatable bonds is 8. The van der Waals surface area contributed by atoms with Crippen LogP contribution in [-0.4, -0.2) is 52.9 Å². The summed E-state index contributed by atoms with van der Waals surface area (Å²) >= 11 is 0. The fourth-order valence-corrected chi connectivity index (χ4v) is 3.65. The van der Waals surface area contributed by atoms with Gasteiger partial charge in [0.05, 0.1) is 19.3 Å². The second kappa shape index (κ2) is 12.8. The van der Waals surface area contributed by atoms with Gasteiger partial charge in [-0.2, -0.15) is 5.10 Å². The first kappa shape index (κ1) is 23.7. The highest BCUT2D eigenvalue weighted by Gasteiger charge is 2.19. The first-order valence-electron chi connectivity index (χ1n) is 10.6. The third-order valence-corrected chi connectivity index (χ3v) is 5.11. The molecule has 2 heterocycles. The maximum Gasteiger partial charge on any atom is 0.191 e. The van der Waals surface area contributed by atoms with Gasteiger partial charge in [0.15, 0.2) is 5.96 Å². The van der Waals surface area contributed by atoms with Crippen molar-refractivity contribution < 1.29 is 0 Å². The van der Waals surface area contributed by atoms with Crippen molar-refractivity contribution in [3.05, 3.63) is 53.9 Å². The van der Waals surface area contributed by atoms with Crippen molar-refractivity contribution in [2.24, 2.45) is 4.99 Å². The molecule has 3 rings (SSSR count). The number of hydrogen-bond acceptors (Lipinski definition) is 3. The highest BCUT2D eigenvalue weighted by molar-refractivity contribution is 14.0. The van der Waals surface area contributed by atoms with E-state index in [2.05, 4.69) is 64.9 Å². The highest BCUT2D eigenvalue weighted by Crippen LogP contribution is 2.11. The Bertz CT molecular complexity index is 722. The van der Waals surface area contributed by atoms with E-state index in [1.165, 1.54) is 44.5 Å². The molecule has 0 radical (unpaired) electrons. The number of guanidine groups is 1. The number of benzene rings is 1. The summed E-state index contributed by atoms with van der Waals surface area (Å²) in [5.41, 5.74) is 2.39. The van der Waals surface area contributed by atoms with Gasteiger partial charge in [-0.1, -0.05) is 37.3 Å². The molecule has 7 heteroatoms. The predicted molar refractivity (Wildman–Crippen MR) is 131 cm³/mol. The lowest BCUT2D eigenvalue weighted by Gasteiger charge is -2.32. The topological polar surface area (TPSA) is 57.5 Å². The molecule has 1 fully saturated rings. The van der Waals surface area contributed by atoms with Crippen LogP contribution in [0.3, 0.4) is 0 Å². The highest BCUT2D eigenvalue weighted by atomic mass is 127. The van der Waals surface area contributed by atoms with Crippen LogP contribution in [0.4, 0.5) is 0 Å². The number of halogens is 1. The van der Waals surface area contributed by atoms with Crippen molar-refractivity contribution in [1.82, 2.24) is 25.3 Å². The average molecular weight is 510 g/mol. The molecule has 1 aliphatic rings. The summed E-state index contributed by atoms with van der Waals surface area (Å²) in [6, 6.07) is 10.9. The first-order valence-corrected chi connectivity index (χ1v) is 10.6. The molecule has 2 N–H and O–H groups in total. The fraction of sp³-hybridized carbons (Fsp3) is 0.545. The van der Waals surface area contributed by atoms with Crippen LogP contribution < -0.4 is 10.6 Å². The molecule has 1 saturated heterocycles. The maximum absolute atomic E-state index is 4.78. The van der Waals surface area contributed by atoms with E-state index < -0.39 is 0 Å². The van der Waals surface area contributed by atoms with Crippen molar-refractivity contribution in [2.75, 3.05) is 26.2 Å². The molecule has 6 nitrogen and oxygen atoms in total. The fourth-order valence-electron chi connectivity index (χ4n) is 3.65. The molecule has 1 aromatic heterocycles. The number of piperidine rings is 1. The Kier molecular flexibility index (Phi) is 10.5. The molecule has 1 aliphatic heterocycles. The molecule has 0 spiro atoms. The van der Waals surface area contributed by atoms with Gasteiger partial charge in [0.1, 0.15) is 0 Å². The monoisotopic (exact) mass is 510 g/mol. The van der Waals surface area contributed by atoms with E-state index in [0.29, 0.717) is 12.6 Å². The Labute approximate surface area is 192 Å². The van der Waals surface area contributed by atoms with Gasteiger partial charge in [-0.05, 0) is 38.3 Å². The van der Waals surface area contributed by atoms with Crippen LogP contribution in [0.2, 0.25) is 0 Å². The smallest absolute Gasteiger partial charge is 0.191 e. The summed E-state index contributed by atoms with van der Waals surface area (Å²) in [7, 11) is 0. The van der Waals surface area contributed by atoms with Gasteiger partial charge in [0, 0.05) is 37.4 Å². The van der Waals surface area contributed by atoms with Gasteiger partial charge in [0.25, 0.3) is 0 Å². The van der Waals surface area contributed by atoms with Crippen LogP contribution >= 0.6 is 24.0 Å².